The van der Waals surface area contributed by atoms with Gasteiger partial charge in [-0.25, -0.2) is 13.4 Å². The van der Waals surface area contributed by atoms with Crippen LogP contribution in [0.15, 0.2) is 53.6 Å². The van der Waals surface area contributed by atoms with Gasteiger partial charge in [0.25, 0.3) is 0 Å². The number of rotatable bonds is 8. The van der Waals surface area contributed by atoms with Gasteiger partial charge in [-0.05, 0) is 98.6 Å². The number of β-amino-alcohol motifs (C(OH)–C–C–N with tert-alkyl or cyclic N) is 1. The van der Waals surface area contributed by atoms with Crippen molar-refractivity contribution in [2.75, 3.05) is 32.8 Å². The van der Waals surface area contributed by atoms with Gasteiger partial charge in [-0.15, -0.1) is 0 Å². The van der Waals surface area contributed by atoms with Crippen LogP contribution in [-0.2, 0) is 9.84 Å². The predicted molar refractivity (Wildman–Crippen MR) is 146 cm³/mol. The number of sulfone groups is 1. The minimum atomic E-state index is -3.28. The third-order valence-corrected chi connectivity index (χ3v) is 10.00. The topological polar surface area (TPSA) is 95.5 Å². The van der Waals surface area contributed by atoms with E-state index in [0.717, 1.165) is 89.7 Å². The summed E-state index contributed by atoms with van der Waals surface area (Å²) in [5.74, 6) is 1.26. The molecule has 1 aliphatic carbocycles. The summed E-state index contributed by atoms with van der Waals surface area (Å²) in [5.41, 5.74) is 4.57. The summed E-state index contributed by atoms with van der Waals surface area (Å²) in [4.78, 5) is 10.8. The molecule has 2 aromatic heterocycles. The van der Waals surface area contributed by atoms with Crippen molar-refractivity contribution in [1.82, 2.24) is 14.9 Å². The molecule has 4 aromatic rings. The van der Waals surface area contributed by atoms with Gasteiger partial charge in [0.05, 0.1) is 28.9 Å². The molecule has 2 aromatic carbocycles. The number of nitrogens with zero attached hydrogens (tertiary/aromatic N) is 2. The summed E-state index contributed by atoms with van der Waals surface area (Å²) in [6.45, 7) is 5.57. The first-order chi connectivity index (χ1) is 17.9. The highest BCUT2D eigenvalue weighted by Gasteiger charge is 2.37. The number of ether oxygens (including phenoxy) is 1. The molecule has 1 aliphatic heterocycles. The fraction of sp³-hybridized carbons (Fsp3) is 0.414. The van der Waals surface area contributed by atoms with E-state index in [-0.39, 0.29) is 11.9 Å². The first kappa shape index (κ1) is 24.4. The van der Waals surface area contributed by atoms with E-state index in [1.165, 1.54) is 0 Å². The monoisotopic (exact) mass is 519 g/mol. The zero-order chi connectivity index (χ0) is 25.6. The number of H-pyrrole nitrogens is 1. The van der Waals surface area contributed by atoms with Gasteiger partial charge in [0.1, 0.15) is 11.4 Å². The number of aryl methyl sites for hydroxylation is 1. The van der Waals surface area contributed by atoms with Crippen LogP contribution >= 0.6 is 0 Å². The van der Waals surface area contributed by atoms with Gasteiger partial charge in [-0.2, -0.15) is 0 Å². The van der Waals surface area contributed by atoms with Crippen molar-refractivity contribution in [2.45, 2.75) is 42.8 Å². The molecule has 3 heterocycles. The van der Waals surface area contributed by atoms with Crippen molar-refractivity contribution in [3.63, 3.8) is 0 Å². The lowest BCUT2D eigenvalue weighted by molar-refractivity contribution is 0.122. The Morgan fingerprint density at radius 3 is 2.68 bits per heavy atom. The average molecular weight is 520 g/mol. The van der Waals surface area contributed by atoms with Gasteiger partial charge < -0.3 is 19.7 Å². The van der Waals surface area contributed by atoms with Crippen molar-refractivity contribution < 1.29 is 18.3 Å². The number of benzene rings is 2. The maximum atomic E-state index is 12.9. The van der Waals surface area contributed by atoms with E-state index >= 15 is 0 Å². The van der Waals surface area contributed by atoms with Crippen LogP contribution in [0.3, 0.4) is 0 Å². The third kappa shape index (κ3) is 4.74. The molecular weight excluding hydrogens is 486 g/mol. The van der Waals surface area contributed by atoms with Gasteiger partial charge in [0.15, 0.2) is 9.84 Å². The maximum Gasteiger partial charge on any atom is 0.181 e. The second-order valence-electron chi connectivity index (χ2n) is 10.5. The Labute approximate surface area is 217 Å². The lowest BCUT2D eigenvalue weighted by Crippen LogP contribution is -2.37. The van der Waals surface area contributed by atoms with Crippen LogP contribution in [-0.4, -0.2) is 66.5 Å². The number of aromatic nitrogens is 2. The highest BCUT2D eigenvalue weighted by atomic mass is 32.2. The summed E-state index contributed by atoms with van der Waals surface area (Å²) < 4.78 is 32.3. The molecule has 194 valence electrons. The van der Waals surface area contributed by atoms with Crippen LogP contribution in [0, 0.1) is 12.8 Å². The molecule has 7 nitrogen and oxygen atoms in total. The van der Waals surface area contributed by atoms with Crippen LogP contribution in [0.25, 0.3) is 33.1 Å². The van der Waals surface area contributed by atoms with Gasteiger partial charge in [0, 0.05) is 23.5 Å². The molecule has 0 bridgehead atoms. The number of aliphatic hydroxyl groups is 1. The number of likely N-dealkylation sites (tertiary alicyclic amines) is 1. The SMILES string of the molecule is Cc1cnc2[nH]c3c(OCC4CCN(CCO)CC4)ccc(-c4cccc(S(=O)(=O)C5CC5)c4)c3c2c1. The molecule has 0 amide bonds. The Kier molecular flexibility index (Phi) is 6.42. The van der Waals surface area contributed by atoms with Crippen LogP contribution in [0.4, 0.5) is 0 Å². The minimum absolute atomic E-state index is 0.203. The molecule has 2 aliphatic rings. The molecule has 0 unspecified atom stereocenters. The minimum Gasteiger partial charge on any atom is -0.491 e. The number of hydrogen-bond donors (Lipinski definition) is 2. The predicted octanol–water partition coefficient (Wildman–Crippen LogP) is 4.71. The Hall–Kier alpha value is -2.94. The lowest BCUT2D eigenvalue weighted by Gasteiger charge is -2.31. The highest BCUT2D eigenvalue weighted by Crippen LogP contribution is 2.41. The molecule has 1 saturated heterocycles. The van der Waals surface area contributed by atoms with Gasteiger partial charge in [-0.3, -0.25) is 0 Å². The number of fused-ring (bicyclic) bond motifs is 3. The first-order valence-corrected chi connectivity index (χ1v) is 14.7. The summed E-state index contributed by atoms with van der Waals surface area (Å²) in [5, 5.41) is 11.0. The van der Waals surface area contributed by atoms with E-state index in [1.807, 2.05) is 43.5 Å². The largest absolute Gasteiger partial charge is 0.491 e. The average Bonchev–Trinajstić information content (AvgIpc) is 3.71. The summed E-state index contributed by atoms with van der Waals surface area (Å²) >= 11 is 0. The van der Waals surface area contributed by atoms with Crippen LogP contribution in [0.2, 0.25) is 0 Å². The number of aliphatic hydroxyl groups excluding tert-OH is 1. The fourth-order valence-electron chi connectivity index (χ4n) is 5.46. The van der Waals surface area contributed by atoms with E-state index in [4.69, 9.17) is 4.74 Å². The van der Waals surface area contributed by atoms with E-state index in [9.17, 15) is 13.5 Å². The Morgan fingerprint density at radius 2 is 1.92 bits per heavy atom. The quantitative estimate of drug-likeness (QED) is 0.350. The number of piperidine rings is 1. The molecule has 1 saturated carbocycles. The van der Waals surface area contributed by atoms with Crippen molar-refractivity contribution >= 4 is 31.8 Å². The van der Waals surface area contributed by atoms with Gasteiger partial charge in [-0.1, -0.05) is 12.1 Å². The van der Waals surface area contributed by atoms with Crippen LogP contribution in [0.5, 0.6) is 5.75 Å². The summed E-state index contributed by atoms with van der Waals surface area (Å²) in [6, 6.07) is 13.5. The number of pyridine rings is 1. The summed E-state index contributed by atoms with van der Waals surface area (Å²) in [7, 11) is -3.28. The highest BCUT2D eigenvalue weighted by molar-refractivity contribution is 7.92. The Morgan fingerprint density at radius 1 is 1.11 bits per heavy atom. The number of aromatic amines is 1. The van der Waals surface area contributed by atoms with Crippen molar-refractivity contribution in [3.8, 4) is 16.9 Å². The normalized spacial score (nSPS) is 17.6. The number of nitrogens with one attached hydrogen (secondary N) is 1. The molecule has 0 atom stereocenters. The van der Waals surface area contributed by atoms with Crippen molar-refractivity contribution in [2.24, 2.45) is 5.92 Å². The zero-order valence-electron chi connectivity index (χ0n) is 21.1. The Bertz CT molecular complexity index is 1550. The van der Waals surface area contributed by atoms with Crippen LogP contribution < -0.4 is 4.74 Å². The molecule has 0 radical (unpaired) electrons. The van der Waals surface area contributed by atoms with Gasteiger partial charge >= 0.3 is 0 Å². The van der Waals surface area contributed by atoms with Crippen molar-refractivity contribution in [1.29, 1.82) is 0 Å². The molecule has 8 heteroatoms. The molecule has 37 heavy (non-hydrogen) atoms. The standard InChI is InChI=1S/C29H33N3O4S/c1-19-15-25-27-24(21-3-2-4-23(16-21)37(34,35)22-5-6-22)7-8-26(28(27)31-29(25)30-17-19)36-18-20-9-11-32(12-10-20)13-14-33/h2-4,7-8,15-17,20,22,33H,5-6,9-14,18H2,1H3,(H,30,31). The van der Waals surface area contributed by atoms with E-state index in [1.54, 1.807) is 6.07 Å². The molecular formula is C29H33N3O4S. The van der Waals surface area contributed by atoms with Gasteiger partial charge in [0.2, 0.25) is 0 Å². The van der Waals surface area contributed by atoms with E-state index < -0.39 is 9.84 Å². The maximum absolute atomic E-state index is 12.9. The summed E-state index contributed by atoms with van der Waals surface area (Å²) in [6.07, 6.45) is 5.45. The van der Waals surface area contributed by atoms with E-state index in [0.29, 0.717) is 17.4 Å². The molecule has 6 rings (SSSR count). The molecule has 2 N–H and O–H groups in total. The third-order valence-electron chi connectivity index (χ3n) is 7.74. The second-order valence-corrected chi connectivity index (χ2v) is 12.7. The molecule has 0 spiro atoms. The zero-order valence-corrected chi connectivity index (χ0v) is 21.9. The fourth-order valence-corrected chi connectivity index (χ4v) is 7.16. The number of hydrogen-bond acceptors (Lipinski definition) is 6. The first-order valence-electron chi connectivity index (χ1n) is 13.2. The van der Waals surface area contributed by atoms with Crippen molar-refractivity contribution in [3.05, 3.63) is 54.2 Å². The second kappa shape index (κ2) is 9.74. The lowest BCUT2D eigenvalue weighted by atomic mass is 9.97. The molecule has 2 fully saturated rings. The van der Waals surface area contributed by atoms with Crippen LogP contribution in [0.1, 0.15) is 31.2 Å². The Balaban J connectivity index is 1.37. The smallest absolute Gasteiger partial charge is 0.181 e. The van der Waals surface area contributed by atoms with E-state index in [2.05, 4.69) is 20.9 Å².